The maximum absolute atomic E-state index is 12.7. The first-order valence-corrected chi connectivity index (χ1v) is 8.06. The summed E-state index contributed by atoms with van der Waals surface area (Å²) in [6.07, 6.45) is 4.43. The highest BCUT2D eigenvalue weighted by Crippen LogP contribution is 2.57. The molecule has 3 fully saturated rings. The van der Waals surface area contributed by atoms with Crippen LogP contribution in [0.5, 0.6) is 5.75 Å². The Labute approximate surface area is 139 Å². The molecule has 124 valence electrons. The molecule has 5 rings (SSSR count). The molecule has 3 N–H and O–H groups in total. The van der Waals surface area contributed by atoms with Gasteiger partial charge in [0.2, 0.25) is 5.43 Å². The summed E-state index contributed by atoms with van der Waals surface area (Å²) in [6, 6.07) is 10.8. The van der Waals surface area contributed by atoms with Crippen molar-refractivity contribution in [2.45, 2.75) is 31.4 Å². The van der Waals surface area contributed by atoms with Crippen LogP contribution in [0, 0.1) is 5.92 Å². The van der Waals surface area contributed by atoms with Gasteiger partial charge in [0.25, 0.3) is 5.91 Å². The number of nitrogens with zero attached hydrogens (tertiary/aromatic N) is 1. The highest BCUT2D eigenvalue weighted by Gasteiger charge is 2.57. The van der Waals surface area contributed by atoms with Crippen LogP contribution in [0.4, 0.5) is 0 Å². The van der Waals surface area contributed by atoms with Crippen molar-refractivity contribution in [1.82, 2.24) is 9.99 Å². The summed E-state index contributed by atoms with van der Waals surface area (Å²) in [4.78, 5) is 24.9. The lowest BCUT2D eigenvalue weighted by Crippen LogP contribution is -2.68. The normalized spacial score (nSPS) is 23.8. The second-order valence-corrected chi connectivity index (χ2v) is 6.75. The number of nitrogens with two attached hydrogens (primary N) is 1. The van der Waals surface area contributed by atoms with Gasteiger partial charge in [0.15, 0.2) is 11.4 Å². The van der Waals surface area contributed by atoms with Gasteiger partial charge in [0.1, 0.15) is 6.61 Å². The molecule has 1 amide bonds. The summed E-state index contributed by atoms with van der Waals surface area (Å²) in [7, 11) is 0. The molecule has 24 heavy (non-hydrogen) atoms. The maximum atomic E-state index is 12.7. The molecule has 3 saturated carbocycles. The zero-order valence-corrected chi connectivity index (χ0v) is 13.2. The molecule has 3 aliphatic carbocycles. The lowest BCUT2D eigenvalue weighted by atomic mass is 9.50. The van der Waals surface area contributed by atoms with E-state index < -0.39 is 0 Å². The molecule has 1 aromatic heterocycles. The van der Waals surface area contributed by atoms with Gasteiger partial charge in [-0.25, -0.2) is 0 Å². The lowest BCUT2D eigenvalue weighted by molar-refractivity contribution is -0.0441. The molecule has 0 aliphatic heterocycles. The molecular weight excluding hydrogens is 306 g/mol. The predicted octanol–water partition coefficient (Wildman–Crippen LogP) is 1.42. The van der Waals surface area contributed by atoms with E-state index in [0.29, 0.717) is 0 Å². The number of pyridine rings is 1. The smallest absolute Gasteiger partial charge is 0.274 e. The van der Waals surface area contributed by atoms with Crippen molar-refractivity contribution < 1.29 is 9.53 Å². The van der Waals surface area contributed by atoms with Gasteiger partial charge in [-0.05, 0) is 30.7 Å². The fourth-order valence-electron chi connectivity index (χ4n) is 3.55. The molecule has 0 unspecified atom stereocenters. The molecule has 0 atom stereocenters. The molecule has 2 aromatic rings. The van der Waals surface area contributed by atoms with E-state index in [1.165, 1.54) is 12.3 Å². The standard InChI is InChI=1S/C18H19N3O3/c19-21-7-6-14(22)16(24-11-12-4-2-1-3-5-12)15(21)17(23)20-18-8-13(9-18)10-18/h1-7,13H,8-11,19H2,(H,20,23). The summed E-state index contributed by atoms with van der Waals surface area (Å²) in [6.45, 7) is 0.202. The van der Waals surface area contributed by atoms with Crippen LogP contribution in [0.2, 0.25) is 0 Å². The average Bonchev–Trinajstić information content (AvgIpc) is 2.51. The number of rotatable bonds is 5. The number of carbonyl (C=O) groups is 1. The molecule has 0 spiro atoms. The quantitative estimate of drug-likeness (QED) is 0.814. The van der Waals surface area contributed by atoms with Crippen molar-refractivity contribution in [3.8, 4) is 5.75 Å². The van der Waals surface area contributed by atoms with Crippen LogP contribution < -0.4 is 21.3 Å². The third-order valence-corrected chi connectivity index (χ3v) is 4.94. The first-order valence-electron chi connectivity index (χ1n) is 8.06. The van der Waals surface area contributed by atoms with Gasteiger partial charge >= 0.3 is 0 Å². The van der Waals surface area contributed by atoms with Crippen LogP contribution in [0.3, 0.4) is 0 Å². The Hall–Kier alpha value is -2.76. The first-order chi connectivity index (χ1) is 11.6. The zero-order chi connectivity index (χ0) is 16.7. The molecular formula is C18H19N3O3. The van der Waals surface area contributed by atoms with E-state index in [1.807, 2.05) is 30.3 Å². The van der Waals surface area contributed by atoms with Gasteiger partial charge in [-0.1, -0.05) is 30.3 Å². The van der Waals surface area contributed by atoms with E-state index >= 15 is 0 Å². The van der Waals surface area contributed by atoms with E-state index in [0.717, 1.165) is 35.4 Å². The predicted molar refractivity (Wildman–Crippen MR) is 89.2 cm³/mol. The second-order valence-electron chi connectivity index (χ2n) is 6.75. The number of nitrogens with one attached hydrogen (secondary N) is 1. The van der Waals surface area contributed by atoms with Gasteiger partial charge < -0.3 is 15.9 Å². The van der Waals surface area contributed by atoms with Crippen LogP contribution in [0.1, 0.15) is 35.3 Å². The molecule has 6 nitrogen and oxygen atoms in total. The Morgan fingerprint density at radius 1 is 1.25 bits per heavy atom. The summed E-state index contributed by atoms with van der Waals surface area (Å²) in [5.41, 5.74) is 0.540. The summed E-state index contributed by atoms with van der Waals surface area (Å²) in [5, 5.41) is 3.02. The highest BCUT2D eigenvalue weighted by molar-refractivity contribution is 5.96. The number of benzene rings is 1. The number of hydrogen-bond acceptors (Lipinski definition) is 4. The van der Waals surface area contributed by atoms with Crippen molar-refractivity contribution in [3.63, 3.8) is 0 Å². The number of amides is 1. The van der Waals surface area contributed by atoms with Gasteiger partial charge in [-0.15, -0.1) is 0 Å². The SMILES string of the molecule is Nn1ccc(=O)c(OCc2ccccc2)c1C(=O)NC12CC(C1)C2. The Morgan fingerprint density at radius 3 is 2.58 bits per heavy atom. The molecule has 1 heterocycles. The van der Waals surface area contributed by atoms with Crippen molar-refractivity contribution in [1.29, 1.82) is 0 Å². The Bertz CT molecular complexity index is 827. The van der Waals surface area contributed by atoms with Gasteiger partial charge in [0, 0.05) is 17.8 Å². The summed E-state index contributed by atoms with van der Waals surface area (Å²) < 4.78 is 6.82. The van der Waals surface area contributed by atoms with E-state index in [2.05, 4.69) is 5.32 Å². The second kappa shape index (κ2) is 5.40. The Balaban J connectivity index is 1.59. The Morgan fingerprint density at radius 2 is 1.96 bits per heavy atom. The third kappa shape index (κ3) is 2.44. The average molecular weight is 325 g/mol. The van der Waals surface area contributed by atoms with Crippen molar-refractivity contribution in [3.05, 3.63) is 64.1 Å². The minimum atomic E-state index is -0.352. The fourth-order valence-corrected chi connectivity index (χ4v) is 3.55. The van der Waals surface area contributed by atoms with E-state index in [9.17, 15) is 9.59 Å². The van der Waals surface area contributed by atoms with Crippen molar-refractivity contribution in [2.24, 2.45) is 5.92 Å². The molecule has 0 radical (unpaired) electrons. The number of carbonyl (C=O) groups excluding carboxylic acids is 1. The fraction of sp³-hybridized carbons (Fsp3) is 0.333. The van der Waals surface area contributed by atoms with Gasteiger partial charge in [-0.3, -0.25) is 14.3 Å². The van der Waals surface area contributed by atoms with E-state index in [4.69, 9.17) is 10.6 Å². The monoisotopic (exact) mass is 325 g/mol. The highest BCUT2D eigenvalue weighted by atomic mass is 16.5. The van der Waals surface area contributed by atoms with Crippen LogP contribution >= 0.6 is 0 Å². The van der Waals surface area contributed by atoms with Gasteiger partial charge in [0.05, 0.1) is 0 Å². The number of aromatic nitrogens is 1. The summed E-state index contributed by atoms with van der Waals surface area (Å²) in [5.74, 6) is 6.28. The number of ether oxygens (including phenoxy) is 1. The van der Waals surface area contributed by atoms with E-state index in [1.54, 1.807) is 0 Å². The molecule has 6 heteroatoms. The Kier molecular flexibility index (Phi) is 3.33. The molecule has 0 saturated heterocycles. The topological polar surface area (TPSA) is 86.3 Å². The number of nitrogen functional groups attached to an aromatic ring is 1. The minimum absolute atomic E-state index is 0.00653. The van der Waals surface area contributed by atoms with Crippen LogP contribution in [-0.4, -0.2) is 16.1 Å². The maximum Gasteiger partial charge on any atom is 0.274 e. The molecule has 3 aliphatic rings. The van der Waals surface area contributed by atoms with Crippen LogP contribution in [0.15, 0.2) is 47.4 Å². The van der Waals surface area contributed by atoms with Crippen LogP contribution in [0.25, 0.3) is 0 Å². The van der Waals surface area contributed by atoms with Crippen molar-refractivity contribution >= 4 is 5.91 Å². The summed E-state index contributed by atoms with van der Waals surface area (Å²) >= 11 is 0. The largest absolute Gasteiger partial charge is 0.482 e. The number of hydrogen-bond donors (Lipinski definition) is 2. The lowest BCUT2D eigenvalue weighted by Gasteiger charge is -2.61. The molecule has 2 bridgehead atoms. The van der Waals surface area contributed by atoms with Crippen molar-refractivity contribution in [2.75, 3.05) is 5.84 Å². The molecule has 1 aromatic carbocycles. The van der Waals surface area contributed by atoms with Crippen LogP contribution in [-0.2, 0) is 6.61 Å². The van der Waals surface area contributed by atoms with Gasteiger partial charge in [-0.2, -0.15) is 0 Å². The zero-order valence-electron chi connectivity index (χ0n) is 13.2. The third-order valence-electron chi connectivity index (χ3n) is 4.94. The first kappa shape index (κ1) is 14.8. The minimum Gasteiger partial charge on any atom is -0.482 e. The van der Waals surface area contributed by atoms with E-state index in [-0.39, 0.29) is 34.9 Å².